The van der Waals surface area contributed by atoms with Gasteiger partial charge in [-0.1, -0.05) is 30.3 Å². The number of benzene rings is 1. The summed E-state index contributed by atoms with van der Waals surface area (Å²) < 4.78 is 5.24. The number of aliphatic hydroxyl groups excluding tert-OH is 1. The summed E-state index contributed by atoms with van der Waals surface area (Å²) in [6.45, 7) is 2.20. The summed E-state index contributed by atoms with van der Waals surface area (Å²) in [4.78, 5) is 22.7. The van der Waals surface area contributed by atoms with Crippen LogP contribution in [0, 0.1) is 6.92 Å². The zero-order valence-electron chi connectivity index (χ0n) is 13.9. The van der Waals surface area contributed by atoms with Crippen molar-refractivity contribution < 1.29 is 14.3 Å². The molecule has 0 fully saturated rings. The molecule has 2 aromatic heterocycles. The number of nitrogens with zero attached hydrogens (tertiary/aromatic N) is 3. The average molecular weight is 337 g/mol. The Morgan fingerprint density at radius 1 is 1.20 bits per heavy atom. The third-order valence-corrected chi connectivity index (χ3v) is 3.76. The van der Waals surface area contributed by atoms with Crippen LogP contribution >= 0.6 is 0 Å². The number of amides is 1. The van der Waals surface area contributed by atoms with E-state index in [1.54, 1.807) is 36.2 Å². The van der Waals surface area contributed by atoms with Gasteiger partial charge in [-0.25, -0.2) is 9.97 Å². The van der Waals surface area contributed by atoms with Crippen LogP contribution in [0.1, 0.15) is 33.7 Å². The fraction of sp³-hybridized carbons (Fsp3) is 0.211. The van der Waals surface area contributed by atoms with E-state index in [0.29, 0.717) is 23.8 Å². The third-order valence-electron chi connectivity index (χ3n) is 3.76. The minimum atomic E-state index is -0.911. The molecule has 0 aliphatic carbocycles. The zero-order valence-corrected chi connectivity index (χ0v) is 13.9. The maximum atomic E-state index is 12.9. The smallest absolute Gasteiger partial charge is 0.272 e. The monoisotopic (exact) mass is 337 g/mol. The summed E-state index contributed by atoms with van der Waals surface area (Å²) in [6.07, 6.45) is 2.14. The normalized spacial score (nSPS) is 11.9. The van der Waals surface area contributed by atoms with E-state index in [-0.39, 0.29) is 12.5 Å². The lowest BCUT2D eigenvalue weighted by atomic mass is 10.1. The van der Waals surface area contributed by atoms with Crippen molar-refractivity contribution in [3.05, 3.63) is 83.8 Å². The van der Waals surface area contributed by atoms with E-state index >= 15 is 0 Å². The molecule has 1 amide bonds. The van der Waals surface area contributed by atoms with Gasteiger partial charge in [0.1, 0.15) is 23.4 Å². The van der Waals surface area contributed by atoms with Gasteiger partial charge in [0.05, 0.1) is 12.8 Å². The highest BCUT2D eigenvalue weighted by molar-refractivity contribution is 5.92. The number of aryl methyl sites for hydroxylation is 1. The van der Waals surface area contributed by atoms with E-state index < -0.39 is 6.10 Å². The van der Waals surface area contributed by atoms with Crippen LogP contribution in [0.25, 0.3) is 0 Å². The maximum absolute atomic E-state index is 12.9. The molecule has 6 heteroatoms. The van der Waals surface area contributed by atoms with Crippen molar-refractivity contribution >= 4 is 5.91 Å². The Hall–Kier alpha value is -2.99. The predicted molar refractivity (Wildman–Crippen MR) is 91.6 cm³/mol. The number of carbonyl (C=O) groups excluding carboxylic acids is 1. The molecule has 0 spiro atoms. The summed E-state index contributed by atoms with van der Waals surface area (Å²) in [5, 5.41) is 10.4. The zero-order chi connectivity index (χ0) is 17.6. The number of rotatable bonds is 6. The van der Waals surface area contributed by atoms with Gasteiger partial charge >= 0.3 is 0 Å². The van der Waals surface area contributed by atoms with Crippen LogP contribution in [-0.4, -0.2) is 32.4 Å². The molecular weight excluding hydrogens is 318 g/mol. The van der Waals surface area contributed by atoms with Gasteiger partial charge < -0.3 is 14.4 Å². The van der Waals surface area contributed by atoms with Crippen molar-refractivity contribution in [2.75, 3.05) is 6.54 Å². The van der Waals surface area contributed by atoms with Crippen molar-refractivity contribution in [2.24, 2.45) is 0 Å². The summed E-state index contributed by atoms with van der Waals surface area (Å²) in [5.41, 5.74) is 1.27. The quantitative estimate of drug-likeness (QED) is 0.748. The predicted octanol–water partition coefficient (Wildman–Crippen LogP) is 2.75. The van der Waals surface area contributed by atoms with E-state index in [0.717, 1.165) is 5.56 Å². The Bertz CT molecular complexity index is 819. The van der Waals surface area contributed by atoms with Crippen LogP contribution in [-0.2, 0) is 6.54 Å². The number of aromatic nitrogens is 2. The molecule has 0 bridgehead atoms. The molecular formula is C19H19N3O3. The van der Waals surface area contributed by atoms with Crippen LogP contribution in [0.2, 0.25) is 0 Å². The number of hydrogen-bond donors (Lipinski definition) is 1. The van der Waals surface area contributed by atoms with E-state index in [1.807, 2.05) is 30.3 Å². The molecule has 128 valence electrons. The van der Waals surface area contributed by atoms with Gasteiger partial charge in [-0.2, -0.15) is 0 Å². The second kappa shape index (κ2) is 7.72. The molecule has 0 aliphatic rings. The molecule has 0 radical (unpaired) electrons. The Morgan fingerprint density at radius 2 is 2.00 bits per heavy atom. The molecule has 0 saturated carbocycles. The van der Waals surface area contributed by atoms with Crippen molar-refractivity contribution in [3.8, 4) is 0 Å². The van der Waals surface area contributed by atoms with Crippen LogP contribution in [0.4, 0.5) is 0 Å². The van der Waals surface area contributed by atoms with Gasteiger partial charge in [0.2, 0.25) is 0 Å². The largest absolute Gasteiger partial charge is 0.467 e. The van der Waals surface area contributed by atoms with Crippen LogP contribution < -0.4 is 0 Å². The van der Waals surface area contributed by atoms with E-state index in [4.69, 9.17) is 4.42 Å². The summed E-state index contributed by atoms with van der Waals surface area (Å²) >= 11 is 0. The summed E-state index contributed by atoms with van der Waals surface area (Å²) in [7, 11) is 0. The first-order chi connectivity index (χ1) is 12.1. The molecule has 6 nitrogen and oxygen atoms in total. The standard InChI is InChI=1S/C19H19N3O3/c1-14-20-10-9-16(21-14)19(24)22(12-15-6-3-2-4-7-15)13-17(23)18-8-5-11-25-18/h2-11,17,23H,12-13H2,1H3/t17-/m1/s1. The lowest BCUT2D eigenvalue weighted by molar-refractivity contribution is 0.0557. The molecule has 3 rings (SSSR count). The summed E-state index contributed by atoms with van der Waals surface area (Å²) in [6, 6.07) is 14.6. The number of hydrogen-bond acceptors (Lipinski definition) is 5. The van der Waals surface area contributed by atoms with Crippen LogP contribution in [0.3, 0.4) is 0 Å². The van der Waals surface area contributed by atoms with E-state index in [2.05, 4.69) is 9.97 Å². The van der Waals surface area contributed by atoms with Gasteiger partial charge in [-0.15, -0.1) is 0 Å². The fourth-order valence-corrected chi connectivity index (χ4v) is 2.54. The fourth-order valence-electron chi connectivity index (χ4n) is 2.54. The minimum Gasteiger partial charge on any atom is -0.467 e. The van der Waals surface area contributed by atoms with E-state index in [1.165, 1.54) is 6.26 Å². The van der Waals surface area contributed by atoms with Gasteiger partial charge in [0, 0.05) is 12.7 Å². The van der Waals surface area contributed by atoms with Gasteiger partial charge in [-0.05, 0) is 30.7 Å². The molecule has 0 saturated heterocycles. The van der Waals surface area contributed by atoms with Crippen molar-refractivity contribution in [1.29, 1.82) is 0 Å². The topological polar surface area (TPSA) is 79.5 Å². The van der Waals surface area contributed by atoms with Crippen molar-refractivity contribution in [3.63, 3.8) is 0 Å². The third kappa shape index (κ3) is 4.30. The molecule has 1 aromatic carbocycles. The Morgan fingerprint density at radius 3 is 2.68 bits per heavy atom. The highest BCUT2D eigenvalue weighted by Crippen LogP contribution is 2.18. The maximum Gasteiger partial charge on any atom is 0.272 e. The molecule has 0 unspecified atom stereocenters. The molecule has 0 aliphatic heterocycles. The second-order valence-electron chi connectivity index (χ2n) is 5.69. The second-order valence-corrected chi connectivity index (χ2v) is 5.69. The highest BCUT2D eigenvalue weighted by atomic mass is 16.4. The first-order valence-corrected chi connectivity index (χ1v) is 7.98. The average Bonchev–Trinajstić information content (AvgIpc) is 3.16. The first-order valence-electron chi connectivity index (χ1n) is 7.98. The number of carbonyl (C=O) groups is 1. The Labute approximate surface area is 145 Å². The molecule has 1 N–H and O–H groups in total. The van der Waals surface area contributed by atoms with Crippen LogP contribution in [0.5, 0.6) is 0 Å². The lowest BCUT2D eigenvalue weighted by Crippen LogP contribution is -2.35. The van der Waals surface area contributed by atoms with Crippen LogP contribution in [0.15, 0.2) is 65.4 Å². The molecule has 3 aromatic rings. The summed E-state index contributed by atoms with van der Waals surface area (Å²) in [5.74, 6) is 0.682. The number of furan rings is 1. The van der Waals surface area contributed by atoms with Crippen molar-refractivity contribution in [2.45, 2.75) is 19.6 Å². The van der Waals surface area contributed by atoms with Gasteiger partial charge in [0.25, 0.3) is 5.91 Å². The molecule has 25 heavy (non-hydrogen) atoms. The van der Waals surface area contributed by atoms with Crippen molar-refractivity contribution in [1.82, 2.24) is 14.9 Å². The Balaban J connectivity index is 1.84. The molecule has 2 heterocycles. The highest BCUT2D eigenvalue weighted by Gasteiger charge is 2.22. The molecule has 1 atom stereocenters. The SMILES string of the molecule is Cc1nccc(C(=O)N(Cc2ccccc2)C[C@@H](O)c2ccco2)n1. The minimum absolute atomic E-state index is 0.101. The van der Waals surface area contributed by atoms with E-state index in [9.17, 15) is 9.90 Å². The number of aliphatic hydroxyl groups is 1. The first kappa shape index (κ1) is 16.9. The van der Waals surface area contributed by atoms with Gasteiger partial charge in [0.15, 0.2) is 0 Å². The van der Waals surface area contributed by atoms with Gasteiger partial charge in [-0.3, -0.25) is 4.79 Å². The Kier molecular flexibility index (Phi) is 5.20. The lowest BCUT2D eigenvalue weighted by Gasteiger charge is -2.24.